The Labute approximate surface area is 253 Å². The van der Waals surface area contributed by atoms with Crippen LogP contribution >= 0.6 is 0 Å². The number of unbranched alkanes of at least 4 members (excludes halogenated alkanes) is 1. The quantitative estimate of drug-likeness (QED) is 0.0922. The van der Waals surface area contributed by atoms with Gasteiger partial charge in [0.1, 0.15) is 6.04 Å². The molecule has 1 aromatic carbocycles. The fourth-order valence-corrected chi connectivity index (χ4v) is 9.50. The van der Waals surface area contributed by atoms with Gasteiger partial charge in [-0.25, -0.2) is 4.79 Å². The van der Waals surface area contributed by atoms with Gasteiger partial charge in [-0.2, -0.15) is 0 Å². The Morgan fingerprint density at radius 1 is 0.841 bits per heavy atom. The number of carbonyl (C=O) groups excluding carboxylic acids is 6. The van der Waals surface area contributed by atoms with Gasteiger partial charge < -0.3 is 4.74 Å². The zero-order valence-corrected chi connectivity index (χ0v) is 24.3. The number of nitro groups is 1. The SMILES string of the molecule is O=C(COC(=O)[C@H](CCCCN1C(=O)[C@H]2[C@@H]3CC[C@@H](C3)[C@@H]2C1=O)N1C(=O)[C@@H]2[C@@H]3CC[C@@H](C3)[C@@H]2C1=O)c1cccc([N+](=O)[O-])c1. The van der Waals surface area contributed by atoms with E-state index in [1.165, 1.54) is 23.1 Å². The van der Waals surface area contributed by atoms with Crippen molar-refractivity contribution in [2.45, 2.75) is 63.8 Å². The lowest BCUT2D eigenvalue weighted by Crippen LogP contribution is -2.47. The van der Waals surface area contributed by atoms with E-state index in [0.717, 1.165) is 49.5 Å². The summed E-state index contributed by atoms with van der Waals surface area (Å²) in [5.74, 6) is -2.93. The van der Waals surface area contributed by atoms with Crippen LogP contribution in [0.4, 0.5) is 5.69 Å². The number of fused-ring (bicyclic) bond motifs is 10. The van der Waals surface area contributed by atoms with E-state index in [0.29, 0.717) is 12.8 Å². The van der Waals surface area contributed by atoms with Crippen molar-refractivity contribution in [2.75, 3.05) is 13.2 Å². The molecule has 232 valence electrons. The van der Waals surface area contributed by atoms with E-state index in [9.17, 15) is 38.9 Å². The number of nitrogens with zero attached hydrogens (tertiary/aromatic N) is 3. The number of esters is 1. The molecule has 0 unspecified atom stereocenters. The summed E-state index contributed by atoms with van der Waals surface area (Å²) in [6.07, 6.45) is 6.37. The number of ketones is 1. The van der Waals surface area contributed by atoms with Gasteiger partial charge in [0, 0.05) is 24.2 Å². The molecule has 4 aliphatic carbocycles. The van der Waals surface area contributed by atoms with E-state index < -0.39 is 41.2 Å². The molecule has 12 heteroatoms. The third-order valence-electron chi connectivity index (χ3n) is 11.4. The number of carbonyl (C=O) groups is 6. The Balaban J connectivity index is 1.02. The zero-order valence-electron chi connectivity index (χ0n) is 24.3. The molecule has 2 aliphatic heterocycles. The molecule has 2 saturated heterocycles. The summed E-state index contributed by atoms with van der Waals surface area (Å²) in [6, 6.07) is 3.84. The first-order chi connectivity index (χ1) is 21.2. The van der Waals surface area contributed by atoms with Gasteiger partial charge in [0.2, 0.25) is 29.4 Å². The molecule has 0 radical (unpaired) electrons. The molecule has 4 saturated carbocycles. The largest absolute Gasteiger partial charge is 0.456 e. The van der Waals surface area contributed by atoms with Crippen LogP contribution in [0.15, 0.2) is 24.3 Å². The molecular formula is C32H35N3O9. The maximum absolute atomic E-state index is 13.6. The van der Waals surface area contributed by atoms with E-state index in [4.69, 9.17) is 4.74 Å². The van der Waals surface area contributed by atoms with Crippen LogP contribution in [0.2, 0.25) is 0 Å². The molecule has 12 nitrogen and oxygen atoms in total. The minimum Gasteiger partial charge on any atom is -0.456 e. The number of amides is 4. The normalized spacial score (nSPS) is 33.7. The third kappa shape index (κ3) is 4.47. The molecule has 0 aromatic heterocycles. The predicted octanol–water partition coefficient (Wildman–Crippen LogP) is 2.92. The monoisotopic (exact) mass is 605 g/mol. The van der Waals surface area contributed by atoms with Crippen LogP contribution in [-0.4, -0.2) is 69.3 Å². The van der Waals surface area contributed by atoms with Gasteiger partial charge in [-0.3, -0.25) is 43.9 Å². The minimum absolute atomic E-state index is 0.00105. The standard InChI is InChI=1S/C32H35N3O9/c36-23(16-4-3-5-21(14-16)35(42)43)15-44-32(41)22(34-30(39)26-19-9-10-20(13-19)27(26)31(34)40)6-1-2-11-33-28(37)24-17-7-8-18(12-17)25(24)29(33)38/h3-5,14,17-20,22,24-27H,1-2,6-13,15H2/t17-,18+,19-,20+,22-,24-,25-,26-,27+/m0/s1. The molecule has 0 spiro atoms. The fraction of sp³-hybridized carbons (Fsp3) is 0.625. The van der Waals surface area contributed by atoms with E-state index in [1.54, 1.807) is 0 Å². The number of rotatable bonds is 11. The van der Waals surface area contributed by atoms with Crippen LogP contribution in [-0.2, 0) is 28.7 Å². The zero-order chi connectivity index (χ0) is 30.9. The molecule has 4 bridgehead atoms. The van der Waals surface area contributed by atoms with Gasteiger partial charge in [-0.15, -0.1) is 0 Å². The Bertz CT molecular complexity index is 1420. The van der Waals surface area contributed by atoms with E-state index in [1.807, 2.05) is 0 Å². The maximum atomic E-state index is 13.6. The summed E-state index contributed by atoms with van der Waals surface area (Å²) < 4.78 is 5.34. The smallest absolute Gasteiger partial charge is 0.329 e. The third-order valence-corrected chi connectivity index (χ3v) is 11.4. The van der Waals surface area contributed by atoms with Crippen LogP contribution in [0.1, 0.15) is 68.1 Å². The average Bonchev–Trinajstić information content (AvgIpc) is 3.87. The van der Waals surface area contributed by atoms with Gasteiger partial charge in [-0.05, 0) is 81.5 Å². The van der Waals surface area contributed by atoms with E-state index in [-0.39, 0.29) is 83.4 Å². The van der Waals surface area contributed by atoms with Crippen molar-refractivity contribution in [1.82, 2.24) is 9.80 Å². The van der Waals surface area contributed by atoms with Crippen molar-refractivity contribution < 1.29 is 38.4 Å². The summed E-state index contributed by atoms with van der Waals surface area (Å²) in [5, 5.41) is 11.1. The van der Waals surface area contributed by atoms with E-state index >= 15 is 0 Å². The Morgan fingerprint density at radius 2 is 1.39 bits per heavy atom. The second-order valence-electron chi connectivity index (χ2n) is 13.5. The molecule has 1 aromatic rings. The minimum atomic E-state index is -1.24. The maximum Gasteiger partial charge on any atom is 0.329 e. The molecule has 6 aliphatic rings. The van der Waals surface area contributed by atoms with Crippen molar-refractivity contribution in [1.29, 1.82) is 0 Å². The van der Waals surface area contributed by atoms with Crippen LogP contribution in [0, 0.1) is 57.5 Å². The number of hydrogen-bond acceptors (Lipinski definition) is 9. The number of imide groups is 2. The van der Waals surface area contributed by atoms with Crippen LogP contribution in [0.5, 0.6) is 0 Å². The van der Waals surface area contributed by atoms with Crippen molar-refractivity contribution in [3.8, 4) is 0 Å². The first-order valence-corrected chi connectivity index (χ1v) is 15.8. The van der Waals surface area contributed by atoms with Gasteiger partial charge in [0.25, 0.3) is 5.69 Å². The molecule has 9 atom stereocenters. The highest BCUT2D eigenvalue weighted by Gasteiger charge is 2.63. The summed E-state index contributed by atoms with van der Waals surface area (Å²) >= 11 is 0. The molecule has 44 heavy (non-hydrogen) atoms. The number of ether oxygens (including phenoxy) is 1. The number of benzene rings is 1. The molecule has 2 heterocycles. The Hall–Kier alpha value is -3.96. The number of nitro benzene ring substituents is 1. The van der Waals surface area contributed by atoms with Crippen LogP contribution in [0.25, 0.3) is 0 Å². The van der Waals surface area contributed by atoms with Gasteiger partial charge in [0.05, 0.1) is 28.6 Å². The molecule has 4 amide bonds. The van der Waals surface area contributed by atoms with Crippen LogP contribution in [0.3, 0.4) is 0 Å². The Kier molecular flexibility index (Phi) is 7.12. The summed E-state index contributed by atoms with van der Waals surface area (Å²) in [7, 11) is 0. The van der Waals surface area contributed by atoms with E-state index in [2.05, 4.69) is 0 Å². The molecule has 7 rings (SSSR count). The Morgan fingerprint density at radius 3 is 1.93 bits per heavy atom. The molecule has 0 N–H and O–H groups in total. The van der Waals surface area contributed by atoms with Crippen LogP contribution < -0.4 is 0 Å². The second-order valence-corrected chi connectivity index (χ2v) is 13.5. The van der Waals surface area contributed by atoms with Gasteiger partial charge >= 0.3 is 5.97 Å². The highest BCUT2D eigenvalue weighted by Crippen LogP contribution is 2.57. The highest BCUT2D eigenvalue weighted by molar-refractivity contribution is 6.09. The first kappa shape index (κ1) is 28.8. The fourth-order valence-electron chi connectivity index (χ4n) is 9.50. The highest BCUT2D eigenvalue weighted by atomic mass is 16.6. The number of likely N-dealkylation sites (tertiary alicyclic amines) is 2. The lowest BCUT2D eigenvalue weighted by atomic mass is 9.81. The summed E-state index contributed by atoms with van der Waals surface area (Å²) in [4.78, 5) is 92.4. The number of non-ortho nitro benzene ring substituents is 1. The lowest BCUT2D eigenvalue weighted by Gasteiger charge is -2.26. The van der Waals surface area contributed by atoms with Gasteiger partial charge in [0.15, 0.2) is 6.61 Å². The van der Waals surface area contributed by atoms with Crippen molar-refractivity contribution in [3.05, 3.63) is 39.9 Å². The second kappa shape index (κ2) is 10.9. The summed E-state index contributed by atoms with van der Waals surface area (Å²) in [5.41, 5.74) is -0.276. The summed E-state index contributed by atoms with van der Waals surface area (Å²) in [6.45, 7) is -0.485. The topological polar surface area (TPSA) is 161 Å². The van der Waals surface area contributed by atoms with Crippen molar-refractivity contribution in [2.24, 2.45) is 47.3 Å². The molecular weight excluding hydrogens is 570 g/mol. The van der Waals surface area contributed by atoms with Crippen molar-refractivity contribution >= 4 is 41.1 Å². The lowest BCUT2D eigenvalue weighted by molar-refractivity contribution is -0.384. The number of hydrogen-bond donors (Lipinski definition) is 0. The average molecular weight is 606 g/mol. The first-order valence-electron chi connectivity index (χ1n) is 15.8. The predicted molar refractivity (Wildman–Crippen MR) is 150 cm³/mol. The van der Waals surface area contributed by atoms with Crippen molar-refractivity contribution in [3.63, 3.8) is 0 Å². The van der Waals surface area contributed by atoms with Gasteiger partial charge in [-0.1, -0.05) is 12.1 Å². The number of Topliss-reactive ketones (excluding diaryl/α,β-unsaturated/α-hetero) is 1. The molecule has 6 fully saturated rings.